The lowest BCUT2D eigenvalue weighted by molar-refractivity contribution is -0.303. The number of carbonyl (C=O) groups excluding carboxylic acids is 1. The summed E-state index contributed by atoms with van der Waals surface area (Å²) in [6.07, 6.45) is 53.5. The molecule has 1 aliphatic heterocycles. The standard InChI is InChI=1S/C63H119NO10/c1-3-5-7-9-11-13-15-17-19-21-23-25-27-29-31-33-35-37-39-41-43-45-47-49-51-56(67)62(72)64-54(53-73-63-61(71)60(70)59(69)57(52-65)74-63)58(68)55(66)50-48-46-44-42-40-38-36-34-32-30-28-26-24-22-20-18-16-14-12-10-8-6-4-2/h29,31,34,36,42,44,54-61,63,65-71H,3-28,30,32-33,35,37-41,43,45-53H2,1-2H3,(H,64,72)/b31-29-,36-34+,44-42+. The maximum atomic E-state index is 13.2. The van der Waals surface area contributed by atoms with Crippen LogP contribution in [-0.4, -0.2) is 110 Å². The topological polar surface area (TPSA) is 189 Å². The number of amides is 1. The number of ether oxygens (including phenoxy) is 2. The van der Waals surface area contributed by atoms with Gasteiger partial charge in [0.25, 0.3) is 0 Å². The van der Waals surface area contributed by atoms with E-state index in [4.69, 9.17) is 9.47 Å². The Morgan fingerprint density at radius 3 is 1.20 bits per heavy atom. The minimum atomic E-state index is -1.67. The molecule has 0 aromatic carbocycles. The van der Waals surface area contributed by atoms with Crippen molar-refractivity contribution in [1.82, 2.24) is 5.32 Å². The van der Waals surface area contributed by atoms with Gasteiger partial charge in [0, 0.05) is 0 Å². The molecule has 0 aromatic heterocycles. The van der Waals surface area contributed by atoms with E-state index < -0.39 is 74.2 Å². The van der Waals surface area contributed by atoms with E-state index >= 15 is 0 Å². The highest BCUT2D eigenvalue weighted by Crippen LogP contribution is 2.23. The molecule has 8 N–H and O–H groups in total. The Kier molecular flexibility index (Phi) is 49.5. The summed E-state index contributed by atoms with van der Waals surface area (Å²) in [7, 11) is 0. The average Bonchev–Trinajstić information content (AvgIpc) is 3.40. The summed E-state index contributed by atoms with van der Waals surface area (Å²) < 4.78 is 11.1. The predicted molar refractivity (Wildman–Crippen MR) is 307 cm³/mol. The summed E-state index contributed by atoms with van der Waals surface area (Å²) in [4.78, 5) is 13.2. The van der Waals surface area contributed by atoms with E-state index in [1.807, 2.05) is 0 Å². The van der Waals surface area contributed by atoms with E-state index in [2.05, 4.69) is 55.6 Å². The SMILES string of the molecule is CCCCCCCCCCCCCC/C=C\CCCCCCCCCCC(O)C(=O)NC(COC1OC(CO)C(O)C(O)C1O)C(O)C(O)CCC/C=C/CC/C=C/CCCCCCCCCCCCCCCC. The van der Waals surface area contributed by atoms with E-state index in [1.54, 1.807) is 0 Å². The van der Waals surface area contributed by atoms with Crippen LogP contribution in [0, 0.1) is 0 Å². The molecule has 1 aliphatic rings. The molecule has 0 saturated carbocycles. The summed E-state index contributed by atoms with van der Waals surface area (Å²) in [5.74, 6) is -0.710. The van der Waals surface area contributed by atoms with Crippen molar-refractivity contribution in [2.75, 3.05) is 13.2 Å². The molecule has 9 unspecified atom stereocenters. The van der Waals surface area contributed by atoms with E-state index in [0.717, 1.165) is 44.9 Å². The zero-order chi connectivity index (χ0) is 54.0. The van der Waals surface area contributed by atoms with Gasteiger partial charge in [-0.15, -0.1) is 0 Å². The van der Waals surface area contributed by atoms with Crippen LogP contribution in [0.25, 0.3) is 0 Å². The van der Waals surface area contributed by atoms with Crippen molar-refractivity contribution in [3.05, 3.63) is 36.5 Å². The fraction of sp³-hybridized carbons (Fsp3) is 0.889. The molecule has 0 aliphatic carbocycles. The average molecular weight is 1050 g/mol. The minimum Gasteiger partial charge on any atom is -0.394 e. The first-order valence-corrected chi connectivity index (χ1v) is 31.4. The van der Waals surface area contributed by atoms with Crippen molar-refractivity contribution in [2.24, 2.45) is 0 Å². The molecule has 0 radical (unpaired) electrons. The van der Waals surface area contributed by atoms with Crippen molar-refractivity contribution < 1.29 is 50.0 Å². The van der Waals surface area contributed by atoms with Gasteiger partial charge in [0.1, 0.15) is 36.6 Å². The highest BCUT2D eigenvalue weighted by molar-refractivity contribution is 5.80. The van der Waals surface area contributed by atoms with Crippen molar-refractivity contribution in [3.63, 3.8) is 0 Å². The van der Waals surface area contributed by atoms with Gasteiger partial charge in [0.15, 0.2) is 6.29 Å². The van der Waals surface area contributed by atoms with Crippen LogP contribution >= 0.6 is 0 Å². The third kappa shape index (κ3) is 39.7. The second kappa shape index (κ2) is 52.1. The Labute approximate surface area is 454 Å². The van der Waals surface area contributed by atoms with Gasteiger partial charge in [-0.25, -0.2) is 0 Å². The Balaban J connectivity index is 2.31. The van der Waals surface area contributed by atoms with Crippen LogP contribution in [0.3, 0.4) is 0 Å². The van der Waals surface area contributed by atoms with Crippen molar-refractivity contribution in [1.29, 1.82) is 0 Å². The van der Waals surface area contributed by atoms with Gasteiger partial charge in [-0.3, -0.25) is 4.79 Å². The predicted octanol–water partition coefficient (Wildman–Crippen LogP) is 13.9. The molecule has 74 heavy (non-hydrogen) atoms. The zero-order valence-electron chi connectivity index (χ0n) is 47.8. The van der Waals surface area contributed by atoms with Crippen LogP contribution in [0.1, 0.15) is 290 Å². The fourth-order valence-corrected chi connectivity index (χ4v) is 10.0. The molecule has 11 heteroatoms. The molecule has 1 rings (SSSR count). The number of carbonyl (C=O) groups is 1. The zero-order valence-corrected chi connectivity index (χ0v) is 47.8. The third-order valence-corrected chi connectivity index (χ3v) is 15.1. The van der Waals surface area contributed by atoms with Crippen LogP contribution in [0.5, 0.6) is 0 Å². The van der Waals surface area contributed by atoms with Crippen LogP contribution in [0.2, 0.25) is 0 Å². The Morgan fingerprint density at radius 1 is 0.459 bits per heavy atom. The lowest BCUT2D eigenvalue weighted by Crippen LogP contribution is -2.60. The summed E-state index contributed by atoms with van der Waals surface area (Å²) in [6, 6.07) is -1.19. The number of nitrogens with one attached hydrogen (secondary N) is 1. The first kappa shape index (κ1) is 70.3. The van der Waals surface area contributed by atoms with E-state index in [9.17, 15) is 40.5 Å². The molecule has 9 atom stereocenters. The number of aliphatic hydroxyl groups is 7. The number of hydrogen-bond donors (Lipinski definition) is 8. The Bertz CT molecular complexity index is 1300. The lowest BCUT2D eigenvalue weighted by Gasteiger charge is -2.40. The Hall–Kier alpha value is -1.67. The normalized spacial score (nSPS) is 20.0. The van der Waals surface area contributed by atoms with Crippen LogP contribution in [0.4, 0.5) is 0 Å². The molecule has 1 amide bonds. The number of allylic oxidation sites excluding steroid dienone is 6. The van der Waals surface area contributed by atoms with Gasteiger partial charge >= 0.3 is 0 Å². The van der Waals surface area contributed by atoms with Crippen LogP contribution in [-0.2, 0) is 14.3 Å². The molecular formula is C63H119NO10. The molecule has 11 nitrogen and oxygen atoms in total. The van der Waals surface area contributed by atoms with E-state index in [1.165, 1.54) is 199 Å². The maximum absolute atomic E-state index is 13.2. The van der Waals surface area contributed by atoms with Crippen molar-refractivity contribution >= 4 is 5.91 Å². The van der Waals surface area contributed by atoms with Crippen LogP contribution < -0.4 is 5.32 Å². The number of rotatable bonds is 54. The summed E-state index contributed by atoms with van der Waals surface area (Å²) in [5, 5.41) is 76.2. The molecule has 0 spiro atoms. The number of hydrogen-bond acceptors (Lipinski definition) is 10. The molecule has 1 saturated heterocycles. The van der Waals surface area contributed by atoms with Gasteiger partial charge in [0.05, 0.1) is 25.4 Å². The Morgan fingerprint density at radius 2 is 0.811 bits per heavy atom. The fourth-order valence-electron chi connectivity index (χ4n) is 10.0. The molecule has 1 heterocycles. The molecule has 436 valence electrons. The van der Waals surface area contributed by atoms with E-state index in [-0.39, 0.29) is 12.8 Å². The van der Waals surface area contributed by atoms with Crippen molar-refractivity contribution in [3.8, 4) is 0 Å². The molecule has 0 bridgehead atoms. The second-order valence-electron chi connectivity index (χ2n) is 22.1. The van der Waals surface area contributed by atoms with Crippen LogP contribution in [0.15, 0.2) is 36.5 Å². The summed E-state index contributed by atoms with van der Waals surface area (Å²) in [6.45, 7) is 3.47. The van der Waals surface area contributed by atoms with E-state index in [0.29, 0.717) is 19.3 Å². The van der Waals surface area contributed by atoms with Crippen molar-refractivity contribution in [2.45, 2.75) is 345 Å². The largest absolute Gasteiger partial charge is 0.394 e. The summed E-state index contributed by atoms with van der Waals surface area (Å²) in [5.41, 5.74) is 0. The monoisotopic (exact) mass is 1050 g/mol. The molecular weight excluding hydrogens is 931 g/mol. The van der Waals surface area contributed by atoms with Gasteiger partial charge in [-0.05, 0) is 77.0 Å². The highest BCUT2D eigenvalue weighted by Gasteiger charge is 2.44. The first-order chi connectivity index (χ1) is 36.2. The lowest BCUT2D eigenvalue weighted by atomic mass is 9.98. The third-order valence-electron chi connectivity index (χ3n) is 15.1. The van der Waals surface area contributed by atoms with Gasteiger partial charge < -0.3 is 50.5 Å². The number of aliphatic hydroxyl groups excluding tert-OH is 7. The quantitative estimate of drug-likeness (QED) is 0.0215. The first-order valence-electron chi connectivity index (χ1n) is 31.4. The minimum absolute atomic E-state index is 0.246. The molecule has 0 aromatic rings. The van der Waals surface area contributed by atoms with Gasteiger partial charge in [0.2, 0.25) is 5.91 Å². The maximum Gasteiger partial charge on any atom is 0.249 e. The smallest absolute Gasteiger partial charge is 0.249 e. The summed E-state index contributed by atoms with van der Waals surface area (Å²) >= 11 is 0. The highest BCUT2D eigenvalue weighted by atomic mass is 16.7. The van der Waals surface area contributed by atoms with Gasteiger partial charge in [-0.1, -0.05) is 249 Å². The van der Waals surface area contributed by atoms with Gasteiger partial charge in [-0.2, -0.15) is 0 Å². The number of unbranched alkanes of at least 4 members (excludes halogenated alkanes) is 36. The second-order valence-corrected chi connectivity index (χ2v) is 22.1. The molecule has 1 fully saturated rings.